The molecule has 0 amide bonds. The first-order valence-electron chi connectivity index (χ1n) is 6.17. The molecule has 0 saturated heterocycles. The maximum absolute atomic E-state index is 10.3. The highest BCUT2D eigenvalue weighted by Gasteiger charge is 2.18. The van der Waals surface area contributed by atoms with E-state index in [9.17, 15) is 10.2 Å². The van der Waals surface area contributed by atoms with Crippen molar-refractivity contribution < 1.29 is 10.2 Å². The molecule has 2 rings (SSSR count). The maximum atomic E-state index is 10.3. The molecule has 0 aliphatic rings. The third-order valence-electron chi connectivity index (χ3n) is 3.18. The first-order valence-corrected chi connectivity index (χ1v) is 7.16. The van der Waals surface area contributed by atoms with Crippen molar-refractivity contribution >= 4 is 11.8 Å². The van der Waals surface area contributed by atoms with E-state index in [2.05, 4.69) is 0 Å². The average molecular weight is 288 g/mol. The lowest BCUT2D eigenvalue weighted by Gasteiger charge is -2.14. The van der Waals surface area contributed by atoms with Crippen molar-refractivity contribution in [2.45, 2.75) is 26.5 Å². The second-order valence-corrected chi connectivity index (χ2v) is 5.57. The number of hydrogen-bond donors (Lipinski definition) is 2. The summed E-state index contributed by atoms with van der Waals surface area (Å²) >= 11 is 1.02. The van der Waals surface area contributed by atoms with Crippen LogP contribution < -0.4 is 0 Å². The predicted octanol–water partition coefficient (Wildman–Crippen LogP) is 3.53. The molecule has 0 radical (unpaired) electrons. The molecule has 0 saturated carbocycles. The zero-order valence-corrected chi connectivity index (χ0v) is 12.5. The first-order chi connectivity index (χ1) is 9.45. The normalized spacial score (nSPS) is 10.5. The average Bonchev–Trinajstić information content (AvgIpc) is 2.63. The van der Waals surface area contributed by atoms with Crippen molar-refractivity contribution in [3.8, 4) is 22.8 Å². The Hall–Kier alpha value is -2.06. The van der Waals surface area contributed by atoms with Crippen LogP contribution in [0, 0.1) is 31.4 Å². The molecular formula is C15H16N2O2S. The van der Waals surface area contributed by atoms with Gasteiger partial charge in [-0.3, -0.25) is 4.57 Å². The molecule has 1 aromatic heterocycles. The molecule has 0 unspecified atom stereocenters. The summed E-state index contributed by atoms with van der Waals surface area (Å²) in [6, 6.07) is 5.51. The lowest BCUT2D eigenvalue weighted by atomic mass is 10.1. The minimum atomic E-state index is -0.0221. The van der Waals surface area contributed by atoms with Crippen molar-refractivity contribution in [1.29, 1.82) is 5.26 Å². The van der Waals surface area contributed by atoms with E-state index in [1.807, 2.05) is 38.3 Å². The number of nitrogens with zero attached hydrogens (tertiary/aromatic N) is 2. The van der Waals surface area contributed by atoms with Crippen molar-refractivity contribution in [3.63, 3.8) is 0 Å². The molecule has 20 heavy (non-hydrogen) atoms. The molecule has 0 aliphatic carbocycles. The van der Waals surface area contributed by atoms with Crippen LogP contribution in [0.15, 0.2) is 18.2 Å². The van der Waals surface area contributed by atoms with Crippen molar-refractivity contribution in [2.24, 2.45) is 0 Å². The van der Waals surface area contributed by atoms with Gasteiger partial charge >= 0.3 is 0 Å². The molecule has 2 N–H and O–H groups in total. The molecule has 5 heteroatoms. The van der Waals surface area contributed by atoms with Gasteiger partial charge in [-0.25, -0.2) is 0 Å². The summed E-state index contributed by atoms with van der Waals surface area (Å²) in [4.78, 5) is 0. The Bertz CT molecular complexity index is 676. The van der Waals surface area contributed by atoms with Crippen LogP contribution in [-0.4, -0.2) is 14.8 Å². The summed E-state index contributed by atoms with van der Waals surface area (Å²) in [5, 5.41) is 30.9. The lowest BCUT2D eigenvalue weighted by molar-refractivity contribution is 0.400. The third kappa shape index (κ3) is 2.47. The third-order valence-corrected chi connectivity index (χ3v) is 3.77. The van der Waals surface area contributed by atoms with Gasteiger partial charge in [-0.1, -0.05) is 17.7 Å². The van der Waals surface area contributed by atoms with E-state index in [4.69, 9.17) is 5.26 Å². The van der Waals surface area contributed by atoms with E-state index in [-0.39, 0.29) is 11.8 Å². The second-order valence-electron chi connectivity index (χ2n) is 4.81. The van der Waals surface area contributed by atoms with Gasteiger partial charge in [0.05, 0.1) is 5.69 Å². The van der Waals surface area contributed by atoms with Gasteiger partial charge in [0.15, 0.2) is 5.88 Å². The summed E-state index contributed by atoms with van der Waals surface area (Å²) in [6.45, 7) is 5.89. The Balaban J connectivity index is 2.60. The SMILES string of the molecule is Cc1cc(C)c(-n2c(O)cc(CSC#N)c2O)c(C)c1. The molecule has 0 fully saturated rings. The largest absolute Gasteiger partial charge is 0.494 e. The minimum absolute atomic E-state index is 0.0136. The number of benzene rings is 1. The van der Waals surface area contributed by atoms with Crippen LogP contribution >= 0.6 is 11.8 Å². The number of nitriles is 1. The Kier molecular flexibility index (Phi) is 3.96. The lowest BCUT2D eigenvalue weighted by Crippen LogP contribution is -2.00. The van der Waals surface area contributed by atoms with E-state index >= 15 is 0 Å². The molecule has 1 aromatic carbocycles. The van der Waals surface area contributed by atoms with E-state index in [1.54, 1.807) is 0 Å². The van der Waals surface area contributed by atoms with Gasteiger partial charge in [0, 0.05) is 17.4 Å². The fraction of sp³-hybridized carbons (Fsp3) is 0.267. The van der Waals surface area contributed by atoms with Crippen LogP contribution in [0.2, 0.25) is 0 Å². The summed E-state index contributed by atoms with van der Waals surface area (Å²) < 4.78 is 1.43. The van der Waals surface area contributed by atoms with E-state index in [0.29, 0.717) is 11.3 Å². The summed E-state index contributed by atoms with van der Waals surface area (Å²) in [6.07, 6.45) is 0. The number of hydrogen-bond acceptors (Lipinski definition) is 4. The molecular weight excluding hydrogens is 272 g/mol. The Morgan fingerprint density at radius 1 is 1.15 bits per heavy atom. The number of aryl methyl sites for hydroxylation is 3. The zero-order chi connectivity index (χ0) is 14.9. The van der Waals surface area contributed by atoms with Crippen LogP contribution in [0.3, 0.4) is 0 Å². The van der Waals surface area contributed by atoms with Crippen LogP contribution in [0.4, 0.5) is 0 Å². The van der Waals surface area contributed by atoms with Crippen molar-refractivity contribution in [2.75, 3.05) is 0 Å². The van der Waals surface area contributed by atoms with Gasteiger partial charge in [-0.15, -0.1) is 0 Å². The molecule has 0 aliphatic heterocycles. The second kappa shape index (κ2) is 5.51. The smallest absolute Gasteiger partial charge is 0.202 e. The number of aromatic hydroxyl groups is 2. The molecule has 2 aromatic rings. The van der Waals surface area contributed by atoms with Gasteiger partial charge < -0.3 is 10.2 Å². The molecule has 1 heterocycles. The molecule has 104 valence electrons. The number of rotatable bonds is 3. The van der Waals surface area contributed by atoms with Crippen LogP contribution in [0.5, 0.6) is 11.8 Å². The molecule has 4 nitrogen and oxygen atoms in total. The number of thiocyanates is 1. The number of aromatic nitrogens is 1. The Morgan fingerprint density at radius 2 is 1.75 bits per heavy atom. The predicted molar refractivity (Wildman–Crippen MR) is 80.2 cm³/mol. The van der Waals surface area contributed by atoms with Gasteiger partial charge in [0.2, 0.25) is 5.88 Å². The molecule has 0 atom stereocenters. The monoisotopic (exact) mass is 288 g/mol. The van der Waals surface area contributed by atoms with E-state index in [0.717, 1.165) is 34.1 Å². The first kappa shape index (κ1) is 14.4. The van der Waals surface area contributed by atoms with Crippen LogP contribution in [0.1, 0.15) is 22.3 Å². The maximum Gasteiger partial charge on any atom is 0.202 e. The quantitative estimate of drug-likeness (QED) is 0.848. The van der Waals surface area contributed by atoms with Crippen molar-refractivity contribution in [3.05, 3.63) is 40.5 Å². The van der Waals surface area contributed by atoms with Gasteiger partial charge in [-0.2, -0.15) is 5.26 Å². The highest BCUT2D eigenvalue weighted by atomic mass is 32.2. The standard InChI is InChI=1S/C15H16N2O2S/c1-9-4-10(2)14(11(3)5-9)17-13(18)6-12(15(17)19)7-20-8-16/h4-6,18-19H,7H2,1-3H3. The topological polar surface area (TPSA) is 69.2 Å². The minimum Gasteiger partial charge on any atom is -0.494 e. The highest BCUT2D eigenvalue weighted by Crippen LogP contribution is 2.36. The van der Waals surface area contributed by atoms with Crippen molar-refractivity contribution in [1.82, 2.24) is 4.57 Å². The van der Waals surface area contributed by atoms with E-state index in [1.165, 1.54) is 10.6 Å². The van der Waals surface area contributed by atoms with Gasteiger partial charge in [-0.05, 0) is 43.7 Å². The fourth-order valence-corrected chi connectivity index (χ4v) is 2.93. The highest BCUT2D eigenvalue weighted by molar-refractivity contribution is 8.02. The van der Waals surface area contributed by atoms with Gasteiger partial charge in [0.1, 0.15) is 5.40 Å². The fourth-order valence-electron chi connectivity index (χ4n) is 2.50. The summed E-state index contributed by atoms with van der Waals surface area (Å²) in [5.41, 5.74) is 4.41. The zero-order valence-electron chi connectivity index (χ0n) is 11.6. The van der Waals surface area contributed by atoms with Crippen LogP contribution in [0.25, 0.3) is 5.69 Å². The van der Waals surface area contributed by atoms with Gasteiger partial charge in [0.25, 0.3) is 0 Å². The number of thioether (sulfide) groups is 1. The van der Waals surface area contributed by atoms with E-state index < -0.39 is 0 Å². The Morgan fingerprint density at radius 3 is 2.30 bits per heavy atom. The van der Waals surface area contributed by atoms with Crippen LogP contribution in [-0.2, 0) is 5.75 Å². The summed E-state index contributed by atoms with van der Waals surface area (Å²) in [5.74, 6) is 0.304. The molecule has 0 spiro atoms. The summed E-state index contributed by atoms with van der Waals surface area (Å²) in [7, 11) is 0. The Labute approximate surface area is 122 Å². The molecule has 0 bridgehead atoms.